The minimum atomic E-state index is -0.815. The first-order valence-electron chi connectivity index (χ1n) is 14.4. The van der Waals surface area contributed by atoms with Crippen molar-refractivity contribution in [2.24, 2.45) is 0 Å². The normalized spacial score (nSPS) is 23.0. The number of carbonyl (C=O) groups is 1. The summed E-state index contributed by atoms with van der Waals surface area (Å²) in [6.07, 6.45) is 3.57. The molecule has 0 aliphatic carbocycles. The highest BCUT2D eigenvalue weighted by atomic mass is 35.5. The summed E-state index contributed by atoms with van der Waals surface area (Å²) in [5, 5.41) is 0.644. The van der Waals surface area contributed by atoms with Crippen LogP contribution < -0.4 is 10.6 Å². The first-order valence-corrected chi connectivity index (χ1v) is 15.7. The topological polar surface area (TPSA) is 61.7 Å². The van der Waals surface area contributed by atoms with Crippen molar-refractivity contribution >= 4 is 46.0 Å². The molecule has 4 heterocycles. The molecule has 0 N–H and O–H groups in total. The Balaban J connectivity index is 1.58. The third-order valence-electron chi connectivity index (χ3n) is 8.86. The fraction of sp³-hybridized carbons (Fsp3) is 0.452. The third kappa shape index (κ3) is 4.91. The molecule has 1 aromatic heterocycles. The number of thioether (sulfide) groups is 1. The highest BCUT2D eigenvalue weighted by molar-refractivity contribution is 7.99. The highest BCUT2D eigenvalue weighted by Gasteiger charge is 2.35. The number of nitrogens with zero attached hydrogens (tertiary/aromatic N) is 5. The fourth-order valence-corrected chi connectivity index (χ4v) is 8.33. The molecule has 6 rings (SSSR count). The summed E-state index contributed by atoms with van der Waals surface area (Å²) in [6.45, 7) is 12.9. The Morgan fingerprint density at radius 3 is 2.55 bits per heavy atom. The van der Waals surface area contributed by atoms with Gasteiger partial charge < -0.3 is 9.80 Å². The Hall–Kier alpha value is -2.95. The number of anilines is 1. The maximum atomic E-state index is 15.4. The predicted octanol–water partition coefficient (Wildman–Crippen LogP) is 5.49. The number of likely N-dealkylation sites (tertiary alicyclic amines) is 1. The molecule has 1 unspecified atom stereocenters. The zero-order valence-corrected chi connectivity index (χ0v) is 25.6. The number of hydrogen-bond donors (Lipinski definition) is 0. The predicted molar refractivity (Wildman–Crippen MR) is 165 cm³/mol. The van der Waals surface area contributed by atoms with Gasteiger partial charge in [0.05, 0.1) is 10.5 Å². The number of hydrogen-bond acceptors (Lipinski definition) is 6. The molecule has 0 bridgehead atoms. The summed E-state index contributed by atoms with van der Waals surface area (Å²) < 4.78 is 31.3. The zero-order chi connectivity index (χ0) is 29.9. The molecule has 3 atom stereocenters. The Bertz CT molecular complexity index is 1660. The lowest BCUT2D eigenvalue weighted by Crippen LogP contribution is -2.58. The SMILES string of the molecule is C=CC(=O)N1C[C@H](C)N(c2nc(=O)n3c4c(c(-c5cc(Cl)c(F)cc5F)c(C)cc24)SCC(N2CCCC2)C3)C[C@H]1C. The zero-order valence-electron chi connectivity index (χ0n) is 24.0. The number of rotatable bonds is 4. The van der Waals surface area contributed by atoms with Crippen LogP contribution in [0.15, 0.2) is 40.5 Å². The quantitative estimate of drug-likeness (QED) is 0.287. The van der Waals surface area contributed by atoms with Gasteiger partial charge in [-0.15, -0.1) is 11.8 Å². The molecule has 1 amide bonds. The Morgan fingerprint density at radius 2 is 1.83 bits per heavy atom. The van der Waals surface area contributed by atoms with Gasteiger partial charge in [-0.3, -0.25) is 14.3 Å². The van der Waals surface area contributed by atoms with Crippen molar-refractivity contribution in [1.82, 2.24) is 19.4 Å². The van der Waals surface area contributed by atoms with E-state index in [1.807, 2.05) is 26.8 Å². The number of piperazine rings is 1. The maximum Gasteiger partial charge on any atom is 0.350 e. The van der Waals surface area contributed by atoms with Crippen molar-refractivity contribution in [2.45, 2.75) is 63.2 Å². The van der Waals surface area contributed by atoms with Crippen LogP contribution in [0.25, 0.3) is 22.0 Å². The fourth-order valence-electron chi connectivity index (χ4n) is 6.72. The summed E-state index contributed by atoms with van der Waals surface area (Å²) in [7, 11) is 0. The molecular weight excluding hydrogens is 580 g/mol. The van der Waals surface area contributed by atoms with Crippen LogP contribution in [0.1, 0.15) is 32.3 Å². The molecular formula is C31H34ClF2N5O2S. The average Bonchev–Trinajstić information content (AvgIpc) is 3.42. The summed E-state index contributed by atoms with van der Waals surface area (Å²) in [6, 6.07) is 4.00. The van der Waals surface area contributed by atoms with Gasteiger partial charge in [0.2, 0.25) is 5.91 Å². The lowest BCUT2D eigenvalue weighted by atomic mass is 9.96. The minimum Gasteiger partial charge on any atom is -0.349 e. The summed E-state index contributed by atoms with van der Waals surface area (Å²) in [5.74, 6) is -0.367. The number of carbonyl (C=O) groups excluding carboxylic acids is 1. The van der Waals surface area contributed by atoms with Crippen LogP contribution in [-0.2, 0) is 11.3 Å². The number of aryl methyl sites for hydroxylation is 1. The lowest BCUT2D eigenvalue weighted by Gasteiger charge is -2.44. The van der Waals surface area contributed by atoms with Crippen molar-refractivity contribution in [3.05, 3.63) is 63.6 Å². The van der Waals surface area contributed by atoms with Gasteiger partial charge in [0.25, 0.3) is 0 Å². The Labute approximate surface area is 253 Å². The van der Waals surface area contributed by atoms with E-state index in [-0.39, 0.29) is 40.3 Å². The molecule has 0 saturated carbocycles. The Morgan fingerprint density at radius 1 is 1.10 bits per heavy atom. The van der Waals surface area contributed by atoms with Gasteiger partial charge in [0.15, 0.2) is 0 Å². The summed E-state index contributed by atoms with van der Waals surface area (Å²) >= 11 is 7.76. The molecule has 0 spiro atoms. The molecule has 222 valence electrons. The molecule has 2 saturated heterocycles. The Kier molecular flexibility index (Phi) is 7.82. The second-order valence-electron chi connectivity index (χ2n) is 11.6. The van der Waals surface area contributed by atoms with E-state index >= 15 is 4.39 Å². The largest absolute Gasteiger partial charge is 0.350 e. The molecule has 3 aromatic rings. The summed E-state index contributed by atoms with van der Waals surface area (Å²) in [5.41, 5.74) is 1.95. The van der Waals surface area contributed by atoms with E-state index in [0.717, 1.165) is 47.8 Å². The lowest BCUT2D eigenvalue weighted by molar-refractivity contribution is -0.128. The van der Waals surface area contributed by atoms with E-state index < -0.39 is 11.6 Å². The second kappa shape index (κ2) is 11.3. The van der Waals surface area contributed by atoms with E-state index in [1.54, 1.807) is 21.2 Å². The van der Waals surface area contributed by atoms with Gasteiger partial charge in [-0.05, 0) is 70.5 Å². The van der Waals surface area contributed by atoms with Gasteiger partial charge in [-0.25, -0.2) is 13.6 Å². The first-order chi connectivity index (χ1) is 20.1. The van der Waals surface area contributed by atoms with Crippen LogP contribution in [0.4, 0.5) is 14.6 Å². The van der Waals surface area contributed by atoms with E-state index in [4.69, 9.17) is 11.6 Å². The monoisotopic (exact) mass is 613 g/mol. The van der Waals surface area contributed by atoms with Crippen molar-refractivity contribution in [2.75, 3.05) is 36.8 Å². The maximum absolute atomic E-state index is 15.4. The minimum absolute atomic E-state index is 0.108. The standard InChI is InChI=1S/C31H34ClF2N5O2S/c1-5-26(40)37-13-19(4)38(14-18(37)3)30-22-10-17(2)27(21-11-23(32)25(34)12-24(21)33)29-28(22)39(31(41)35-30)15-20(16-42-29)36-8-6-7-9-36/h5,10-12,18-20H,1,6-9,13-16H2,2-4H3/t18-,19+,20?/m1/s1. The van der Waals surface area contributed by atoms with Crippen molar-refractivity contribution in [3.8, 4) is 11.1 Å². The van der Waals surface area contributed by atoms with Gasteiger partial charge in [-0.2, -0.15) is 4.98 Å². The highest BCUT2D eigenvalue weighted by Crippen LogP contribution is 2.45. The van der Waals surface area contributed by atoms with E-state index in [0.29, 0.717) is 42.3 Å². The number of benzene rings is 2. The van der Waals surface area contributed by atoms with Crippen LogP contribution in [0.3, 0.4) is 0 Å². The molecule has 2 aromatic carbocycles. The smallest absolute Gasteiger partial charge is 0.349 e. The van der Waals surface area contributed by atoms with E-state index in [1.165, 1.54) is 12.1 Å². The second-order valence-corrected chi connectivity index (χ2v) is 13.1. The molecule has 0 radical (unpaired) electrons. The molecule has 42 heavy (non-hydrogen) atoms. The van der Waals surface area contributed by atoms with Gasteiger partial charge in [-0.1, -0.05) is 18.2 Å². The molecule has 2 fully saturated rings. The van der Waals surface area contributed by atoms with Gasteiger partial charge in [0.1, 0.15) is 17.5 Å². The van der Waals surface area contributed by atoms with E-state index in [2.05, 4.69) is 21.4 Å². The van der Waals surface area contributed by atoms with Crippen molar-refractivity contribution in [3.63, 3.8) is 0 Å². The van der Waals surface area contributed by atoms with Crippen molar-refractivity contribution < 1.29 is 13.6 Å². The molecule has 3 aliphatic rings. The van der Waals surface area contributed by atoms with Crippen LogP contribution in [0, 0.1) is 18.6 Å². The van der Waals surface area contributed by atoms with Crippen LogP contribution >= 0.6 is 23.4 Å². The van der Waals surface area contributed by atoms with Crippen molar-refractivity contribution in [1.29, 1.82) is 0 Å². The molecule has 11 heteroatoms. The number of amides is 1. The van der Waals surface area contributed by atoms with Crippen LogP contribution in [0.5, 0.6) is 0 Å². The number of halogens is 3. The van der Waals surface area contributed by atoms with Crippen LogP contribution in [-0.4, -0.2) is 75.3 Å². The van der Waals surface area contributed by atoms with Crippen LogP contribution in [0.2, 0.25) is 5.02 Å². The number of aromatic nitrogens is 2. The van der Waals surface area contributed by atoms with E-state index in [9.17, 15) is 14.0 Å². The molecule has 3 aliphatic heterocycles. The molecule has 7 nitrogen and oxygen atoms in total. The third-order valence-corrected chi connectivity index (χ3v) is 10.4. The van der Waals surface area contributed by atoms with Gasteiger partial charge >= 0.3 is 5.69 Å². The average molecular weight is 614 g/mol. The summed E-state index contributed by atoms with van der Waals surface area (Å²) in [4.78, 5) is 38.2. The first kappa shape index (κ1) is 29.1. The van der Waals surface area contributed by atoms with Gasteiger partial charge in [0, 0.05) is 71.0 Å².